The van der Waals surface area contributed by atoms with Gasteiger partial charge in [0.25, 0.3) is 0 Å². The quantitative estimate of drug-likeness (QED) is 0.827. The highest BCUT2D eigenvalue weighted by molar-refractivity contribution is 7.92. The summed E-state index contributed by atoms with van der Waals surface area (Å²) in [5.41, 5.74) is 1.02. The second-order valence-electron chi connectivity index (χ2n) is 4.60. The zero-order valence-corrected chi connectivity index (χ0v) is 12.2. The molecule has 4 heteroatoms. The summed E-state index contributed by atoms with van der Waals surface area (Å²) in [5.74, 6) is 0.273. The molecule has 1 aromatic carbocycles. The number of rotatable bonds is 7. The van der Waals surface area contributed by atoms with E-state index in [1.165, 1.54) is 0 Å². The van der Waals surface area contributed by atoms with Crippen LogP contribution in [-0.4, -0.2) is 26.5 Å². The molecule has 0 saturated carbocycles. The molecule has 0 radical (unpaired) electrons. The number of hydrogen-bond donors (Lipinski definition) is 1. The van der Waals surface area contributed by atoms with Gasteiger partial charge in [0.2, 0.25) is 0 Å². The summed E-state index contributed by atoms with van der Waals surface area (Å²) in [4.78, 5) is 0. The Hall–Kier alpha value is -0.870. The van der Waals surface area contributed by atoms with Crippen molar-refractivity contribution < 1.29 is 8.42 Å². The molecule has 0 heterocycles. The molecule has 0 fully saturated rings. The van der Waals surface area contributed by atoms with Crippen molar-refractivity contribution in [1.29, 1.82) is 0 Å². The molecule has 0 aliphatic rings. The predicted octanol–water partition coefficient (Wildman–Crippen LogP) is 2.55. The fourth-order valence-corrected chi connectivity index (χ4v) is 3.84. The van der Waals surface area contributed by atoms with E-state index < -0.39 is 15.1 Å². The van der Waals surface area contributed by atoms with E-state index in [-0.39, 0.29) is 11.8 Å². The van der Waals surface area contributed by atoms with Crippen molar-refractivity contribution in [3.05, 3.63) is 35.9 Å². The molecule has 1 N–H and O–H groups in total. The minimum Gasteiger partial charge on any atom is -0.312 e. The summed E-state index contributed by atoms with van der Waals surface area (Å²) < 4.78 is 24.4. The first-order valence-electron chi connectivity index (χ1n) is 6.46. The Morgan fingerprint density at radius 3 is 2.33 bits per heavy atom. The molecule has 18 heavy (non-hydrogen) atoms. The molecule has 0 spiro atoms. The van der Waals surface area contributed by atoms with Crippen molar-refractivity contribution in [3.63, 3.8) is 0 Å². The van der Waals surface area contributed by atoms with Crippen molar-refractivity contribution in [2.24, 2.45) is 0 Å². The lowest BCUT2D eigenvalue weighted by Crippen LogP contribution is -2.34. The Morgan fingerprint density at radius 1 is 1.22 bits per heavy atom. The zero-order chi connectivity index (χ0) is 13.6. The summed E-state index contributed by atoms with van der Waals surface area (Å²) in [6.07, 6.45) is 1.64. The number of unbranched alkanes of at least 4 members (excludes halogenated alkanes) is 1. The Labute approximate surface area is 111 Å². The first-order valence-corrected chi connectivity index (χ1v) is 8.18. The maximum Gasteiger partial charge on any atom is 0.154 e. The van der Waals surface area contributed by atoms with Crippen molar-refractivity contribution >= 4 is 9.84 Å². The van der Waals surface area contributed by atoms with Crippen LogP contribution in [0.4, 0.5) is 0 Å². The molecule has 2 unspecified atom stereocenters. The Balaban J connectivity index is 2.89. The summed E-state index contributed by atoms with van der Waals surface area (Å²) >= 11 is 0. The van der Waals surface area contributed by atoms with E-state index in [9.17, 15) is 8.42 Å². The van der Waals surface area contributed by atoms with Crippen molar-refractivity contribution in [3.8, 4) is 0 Å². The van der Waals surface area contributed by atoms with Crippen LogP contribution < -0.4 is 5.32 Å². The fraction of sp³-hybridized carbons (Fsp3) is 0.571. The van der Waals surface area contributed by atoms with Crippen LogP contribution in [0.5, 0.6) is 0 Å². The maximum absolute atomic E-state index is 12.2. The first-order chi connectivity index (χ1) is 8.53. The summed E-state index contributed by atoms with van der Waals surface area (Å²) in [7, 11) is -1.24. The van der Waals surface area contributed by atoms with E-state index in [1.54, 1.807) is 6.92 Å². The van der Waals surface area contributed by atoms with Gasteiger partial charge in [-0.3, -0.25) is 0 Å². The highest BCUT2D eigenvalue weighted by Crippen LogP contribution is 2.22. The van der Waals surface area contributed by atoms with Gasteiger partial charge in [-0.25, -0.2) is 8.42 Å². The molecule has 1 rings (SSSR count). The molecular formula is C14H23NO2S. The van der Waals surface area contributed by atoms with Gasteiger partial charge in [0.05, 0.1) is 11.0 Å². The zero-order valence-electron chi connectivity index (χ0n) is 11.4. The standard InChI is InChI=1S/C14H23NO2S/c1-4-5-11-18(16,17)12(2)14(15-3)13-9-7-6-8-10-13/h6-10,12,14-15H,4-5,11H2,1-3H3. The van der Waals surface area contributed by atoms with Gasteiger partial charge in [-0.2, -0.15) is 0 Å². The van der Waals surface area contributed by atoms with Gasteiger partial charge in [0.1, 0.15) is 0 Å². The van der Waals surface area contributed by atoms with Crippen molar-refractivity contribution in [2.75, 3.05) is 12.8 Å². The average Bonchev–Trinajstić information content (AvgIpc) is 2.38. The highest BCUT2D eigenvalue weighted by Gasteiger charge is 2.28. The van der Waals surface area contributed by atoms with Crippen molar-refractivity contribution in [2.45, 2.75) is 38.0 Å². The second kappa shape index (κ2) is 6.90. The van der Waals surface area contributed by atoms with Gasteiger partial charge >= 0.3 is 0 Å². The first kappa shape index (κ1) is 15.2. The molecule has 0 aliphatic carbocycles. The summed E-state index contributed by atoms with van der Waals surface area (Å²) in [5, 5.41) is 2.72. The molecule has 0 amide bonds. The lowest BCUT2D eigenvalue weighted by molar-refractivity contribution is 0.529. The van der Waals surface area contributed by atoms with Crippen LogP contribution in [0.3, 0.4) is 0 Å². The van der Waals surface area contributed by atoms with Gasteiger partial charge < -0.3 is 5.32 Å². The average molecular weight is 269 g/mol. The largest absolute Gasteiger partial charge is 0.312 e. The monoisotopic (exact) mass is 269 g/mol. The van der Waals surface area contributed by atoms with E-state index in [0.29, 0.717) is 0 Å². The molecular weight excluding hydrogens is 246 g/mol. The van der Waals surface area contributed by atoms with Crippen molar-refractivity contribution in [1.82, 2.24) is 5.32 Å². The van der Waals surface area contributed by atoms with Gasteiger partial charge in [0.15, 0.2) is 9.84 Å². The molecule has 0 aromatic heterocycles. The minimum absolute atomic E-state index is 0.145. The van der Waals surface area contributed by atoms with E-state index in [0.717, 1.165) is 18.4 Å². The van der Waals surface area contributed by atoms with Crippen LogP contribution in [0.2, 0.25) is 0 Å². The molecule has 0 aliphatic heterocycles. The van der Waals surface area contributed by atoms with Crippen LogP contribution in [0.25, 0.3) is 0 Å². The predicted molar refractivity (Wildman–Crippen MR) is 76.4 cm³/mol. The van der Waals surface area contributed by atoms with Crippen LogP contribution >= 0.6 is 0 Å². The van der Waals surface area contributed by atoms with Crippen LogP contribution in [0.15, 0.2) is 30.3 Å². The molecule has 102 valence electrons. The Bertz CT molecular complexity index is 442. The van der Waals surface area contributed by atoms with E-state index in [4.69, 9.17) is 0 Å². The van der Waals surface area contributed by atoms with Crippen LogP contribution in [0, 0.1) is 0 Å². The van der Waals surface area contributed by atoms with Gasteiger partial charge in [-0.05, 0) is 26.0 Å². The highest BCUT2D eigenvalue weighted by atomic mass is 32.2. The topological polar surface area (TPSA) is 46.2 Å². The normalized spacial score (nSPS) is 15.3. The minimum atomic E-state index is -3.04. The third kappa shape index (κ3) is 3.82. The van der Waals surface area contributed by atoms with Gasteiger partial charge in [0, 0.05) is 6.04 Å². The molecule has 1 aromatic rings. The van der Waals surface area contributed by atoms with E-state index in [1.807, 2.05) is 44.3 Å². The van der Waals surface area contributed by atoms with Crippen LogP contribution in [-0.2, 0) is 9.84 Å². The summed E-state index contributed by atoms with van der Waals surface area (Å²) in [6, 6.07) is 9.59. The maximum atomic E-state index is 12.2. The third-order valence-electron chi connectivity index (χ3n) is 3.29. The summed E-state index contributed by atoms with van der Waals surface area (Å²) in [6.45, 7) is 3.80. The number of nitrogens with one attached hydrogen (secondary N) is 1. The fourth-order valence-electron chi connectivity index (χ4n) is 2.07. The second-order valence-corrected chi connectivity index (χ2v) is 7.08. The lowest BCUT2D eigenvalue weighted by atomic mass is 10.0. The lowest BCUT2D eigenvalue weighted by Gasteiger charge is -2.24. The third-order valence-corrected chi connectivity index (χ3v) is 5.55. The van der Waals surface area contributed by atoms with Crippen LogP contribution in [0.1, 0.15) is 38.3 Å². The molecule has 0 bridgehead atoms. The molecule has 2 atom stereocenters. The Kier molecular flexibility index (Phi) is 5.82. The number of benzene rings is 1. The smallest absolute Gasteiger partial charge is 0.154 e. The van der Waals surface area contributed by atoms with Gasteiger partial charge in [-0.15, -0.1) is 0 Å². The Morgan fingerprint density at radius 2 is 1.83 bits per heavy atom. The SMILES string of the molecule is CCCCS(=O)(=O)C(C)C(NC)c1ccccc1. The molecule has 0 saturated heterocycles. The number of hydrogen-bond acceptors (Lipinski definition) is 3. The molecule has 3 nitrogen and oxygen atoms in total. The number of sulfone groups is 1. The van der Waals surface area contributed by atoms with E-state index in [2.05, 4.69) is 5.32 Å². The van der Waals surface area contributed by atoms with E-state index >= 15 is 0 Å². The van der Waals surface area contributed by atoms with Gasteiger partial charge in [-0.1, -0.05) is 43.7 Å².